The maximum atomic E-state index is 12.6. The molecule has 1 saturated heterocycles. The maximum absolute atomic E-state index is 12.6. The number of benzene rings is 3. The standard InChI is InChI=1S/C26H25N3O2S/c1-28(2)22-13-15-23(16-14-22)29-25(31)18-32-26(29)20-9-11-21(12-10-20)27-24(30)17-8-19-6-4-3-5-7-19/h3-17,26H,18H2,1-2H3,(H,27,30)/b17-8+/t26-/m0/s1. The van der Waals surface area contributed by atoms with Crippen molar-refractivity contribution in [2.45, 2.75) is 5.37 Å². The van der Waals surface area contributed by atoms with Crippen LogP contribution in [0.25, 0.3) is 6.08 Å². The summed E-state index contributed by atoms with van der Waals surface area (Å²) < 4.78 is 0. The zero-order chi connectivity index (χ0) is 22.5. The molecule has 162 valence electrons. The zero-order valence-corrected chi connectivity index (χ0v) is 18.9. The Labute approximate surface area is 192 Å². The van der Waals surface area contributed by atoms with E-state index in [0.717, 1.165) is 22.5 Å². The van der Waals surface area contributed by atoms with Gasteiger partial charge in [0, 0.05) is 37.2 Å². The van der Waals surface area contributed by atoms with Gasteiger partial charge in [0.15, 0.2) is 0 Å². The molecule has 0 bridgehead atoms. The van der Waals surface area contributed by atoms with Gasteiger partial charge in [-0.1, -0.05) is 42.5 Å². The van der Waals surface area contributed by atoms with Gasteiger partial charge >= 0.3 is 0 Å². The lowest BCUT2D eigenvalue weighted by molar-refractivity contribution is -0.116. The molecule has 0 spiro atoms. The van der Waals surface area contributed by atoms with E-state index in [9.17, 15) is 9.59 Å². The zero-order valence-electron chi connectivity index (χ0n) is 18.1. The summed E-state index contributed by atoms with van der Waals surface area (Å²) in [5.41, 5.74) is 4.69. The molecule has 3 aromatic carbocycles. The monoisotopic (exact) mass is 443 g/mol. The van der Waals surface area contributed by atoms with E-state index in [4.69, 9.17) is 0 Å². The van der Waals surface area contributed by atoms with Crippen molar-refractivity contribution in [2.24, 2.45) is 0 Å². The van der Waals surface area contributed by atoms with Gasteiger partial charge in [-0.05, 0) is 53.6 Å². The van der Waals surface area contributed by atoms with Crippen LogP contribution in [0.2, 0.25) is 0 Å². The van der Waals surface area contributed by atoms with Gasteiger partial charge in [-0.15, -0.1) is 11.8 Å². The molecule has 0 unspecified atom stereocenters. The number of anilines is 3. The number of nitrogens with one attached hydrogen (secondary N) is 1. The first-order chi connectivity index (χ1) is 15.5. The topological polar surface area (TPSA) is 52.6 Å². The Morgan fingerprint density at radius 1 is 1.00 bits per heavy atom. The van der Waals surface area contributed by atoms with Gasteiger partial charge in [0.2, 0.25) is 11.8 Å². The third-order valence-corrected chi connectivity index (χ3v) is 6.41. The molecule has 0 radical (unpaired) electrons. The van der Waals surface area contributed by atoms with Crippen LogP contribution in [-0.4, -0.2) is 31.7 Å². The van der Waals surface area contributed by atoms with E-state index in [0.29, 0.717) is 11.4 Å². The molecule has 2 amide bonds. The second kappa shape index (κ2) is 9.75. The molecule has 32 heavy (non-hydrogen) atoms. The van der Waals surface area contributed by atoms with Crippen molar-refractivity contribution >= 4 is 46.7 Å². The van der Waals surface area contributed by atoms with Crippen molar-refractivity contribution in [1.82, 2.24) is 0 Å². The lowest BCUT2D eigenvalue weighted by Gasteiger charge is -2.25. The second-order valence-electron chi connectivity index (χ2n) is 7.69. The molecule has 0 aliphatic carbocycles. The number of nitrogens with zero attached hydrogens (tertiary/aromatic N) is 2. The van der Waals surface area contributed by atoms with Crippen LogP contribution < -0.4 is 15.1 Å². The first-order valence-corrected chi connectivity index (χ1v) is 11.4. The van der Waals surface area contributed by atoms with E-state index >= 15 is 0 Å². The van der Waals surface area contributed by atoms with E-state index < -0.39 is 0 Å². The van der Waals surface area contributed by atoms with Gasteiger partial charge in [-0.2, -0.15) is 0 Å². The summed E-state index contributed by atoms with van der Waals surface area (Å²) in [7, 11) is 3.99. The van der Waals surface area contributed by atoms with E-state index in [-0.39, 0.29) is 17.2 Å². The fourth-order valence-electron chi connectivity index (χ4n) is 3.51. The van der Waals surface area contributed by atoms with Crippen molar-refractivity contribution in [3.05, 3.63) is 96.1 Å². The van der Waals surface area contributed by atoms with Crippen LogP contribution in [-0.2, 0) is 9.59 Å². The molecule has 1 atom stereocenters. The van der Waals surface area contributed by atoms with E-state index in [1.165, 1.54) is 6.08 Å². The number of carbonyl (C=O) groups excluding carboxylic acids is 2. The fraction of sp³-hybridized carbons (Fsp3) is 0.154. The minimum atomic E-state index is -0.186. The van der Waals surface area contributed by atoms with E-state index in [2.05, 4.69) is 5.32 Å². The van der Waals surface area contributed by atoms with Crippen LogP contribution in [0.4, 0.5) is 17.1 Å². The Bertz CT molecular complexity index is 1110. The summed E-state index contributed by atoms with van der Waals surface area (Å²) in [4.78, 5) is 28.7. The highest BCUT2D eigenvalue weighted by molar-refractivity contribution is 8.00. The minimum Gasteiger partial charge on any atom is -0.378 e. The maximum Gasteiger partial charge on any atom is 0.248 e. The van der Waals surface area contributed by atoms with Crippen molar-refractivity contribution < 1.29 is 9.59 Å². The SMILES string of the molecule is CN(C)c1ccc(N2C(=O)CS[C@H]2c2ccc(NC(=O)/C=C/c3ccccc3)cc2)cc1. The first-order valence-electron chi connectivity index (χ1n) is 10.4. The minimum absolute atomic E-state index is 0.0876. The highest BCUT2D eigenvalue weighted by Gasteiger charge is 2.34. The number of thioether (sulfide) groups is 1. The Morgan fingerprint density at radius 3 is 2.34 bits per heavy atom. The van der Waals surface area contributed by atoms with Crippen LogP contribution >= 0.6 is 11.8 Å². The molecule has 6 heteroatoms. The van der Waals surface area contributed by atoms with E-state index in [1.807, 2.05) is 103 Å². The van der Waals surface area contributed by atoms with Gasteiger partial charge in [-0.3, -0.25) is 14.5 Å². The third-order valence-electron chi connectivity index (χ3n) is 5.20. The smallest absolute Gasteiger partial charge is 0.248 e. The number of hydrogen-bond donors (Lipinski definition) is 1. The second-order valence-corrected chi connectivity index (χ2v) is 8.76. The number of hydrogen-bond acceptors (Lipinski definition) is 4. The summed E-state index contributed by atoms with van der Waals surface area (Å²) >= 11 is 1.61. The van der Waals surface area contributed by atoms with Crippen LogP contribution in [0.3, 0.4) is 0 Å². The Hall–Kier alpha value is -3.51. The van der Waals surface area contributed by atoms with Crippen molar-refractivity contribution in [3.8, 4) is 0 Å². The predicted molar refractivity (Wildman–Crippen MR) is 134 cm³/mol. The number of rotatable bonds is 6. The Kier molecular flexibility index (Phi) is 6.61. The summed E-state index contributed by atoms with van der Waals surface area (Å²) in [6.45, 7) is 0. The summed E-state index contributed by atoms with van der Waals surface area (Å²) in [5, 5.41) is 2.79. The van der Waals surface area contributed by atoms with Crippen LogP contribution in [0.1, 0.15) is 16.5 Å². The molecule has 0 saturated carbocycles. The first kappa shape index (κ1) is 21.7. The molecule has 0 aromatic heterocycles. The van der Waals surface area contributed by atoms with Crippen LogP contribution in [0, 0.1) is 0 Å². The Balaban J connectivity index is 1.45. The highest BCUT2D eigenvalue weighted by Crippen LogP contribution is 2.42. The molecule has 1 fully saturated rings. The van der Waals surface area contributed by atoms with Gasteiger partial charge in [-0.25, -0.2) is 0 Å². The highest BCUT2D eigenvalue weighted by atomic mass is 32.2. The number of carbonyl (C=O) groups is 2. The predicted octanol–water partition coefficient (Wildman–Crippen LogP) is 5.18. The van der Waals surface area contributed by atoms with Crippen LogP contribution in [0.5, 0.6) is 0 Å². The van der Waals surface area contributed by atoms with Gasteiger partial charge < -0.3 is 10.2 Å². The largest absolute Gasteiger partial charge is 0.378 e. The third kappa shape index (κ3) is 5.03. The summed E-state index contributed by atoms with van der Waals surface area (Å²) in [6.07, 6.45) is 3.30. The molecule has 1 aliphatic heterocycles. The van der Waals surface area contributed by atoms with Gasteiger partial charge in [0.25, 0.3) is 0 Å². The fourth-order valence-corrected chi connectivity index (χ4v) is 4.69. The van der Waals surface area contributed by atoms with Gasteiger partial charge in [0.05, 0.1) is 5.75 Å². The average Bonchev–Trinajstić information content (AvgIpc) is 3.20. The molecule has 5 nitrogen and oxygen atoms in total. The quantitative estimate of drug-likeness (QED) is 0.533. The van der Waals surface area contributed by atoms with Crippen molar-refractivity contribution in [1.29, 1.82) is 0 Å². The summed E-state index contributed by atoms with van der Waals surface area (Å²) in [5.74, 6) is 0.360. The molecule has 1 N–H and O–H groups in total. The molecular formula is C26H25N3O2S. The molecule has 1 aliphatic rings. The van der Waals surface area contributed by atoms with Crippen LogP contribution in [0.15, 0.2) is 84.9 Å². The van der Waals surface area contributed by atoms with Gasteiger partial charge in [0.1, 0.15) is 5.37 Å². The Morgan fingerprint density at radius 2 is 1.69 bits per heavy atom. The van der Waals surface area contributed by atoms with E-state index in [1.54, 1.807) is 17.8 Å². The summed E-state index contributed by atoms with van der Waals surface area (Å²) in [6, 6.07) is 25.4. The average molecular weight is 444 g/mol. The van der Waals surface area contributed by atoms with Crippen molar-refractivity contribution in [3.63, 3.8) is 0 Å². The lowest BCUT2D eigenvalue weighted by atomic mass is 10.1. The van der Waals surface area contributed by atoms with Crippen molar-refractivity contribution in [2.75, 3.05) is 35.0 Å². The molecule has 1 heterocycles. The molecule has 4 rings (SSSR count). The molecular weight excluding hydrogens is 418 g/mol. The lowest BCUT2D eigenvalue weighted by Crippen LogP contribution is -2.27. The molecule has 3 aromatic rings. The number of amides is 2. The normalized spacial score (nSPS) is 15.9.